The molecule has 17 heavy (non-hydrogen) atoms. The van der Waals surface area contributed by atoms with Crippen molar-refractivity contribution in [3.05, 3.63) is 0 Å². The van der Waals surface area contributed by atoms with E-state index >= 15 is 0 Å². The van der Waals surface area contributed by atoms with E-state index in [-0.39, 0.29) is 5.54 Å². The molecule has 1 saturated heterocycles. The van der Waals surface area contributed by atoms with Gasteiger partial charge in [-0.05, 0) is 45.7 Å². The molecule has 1 rings (SSSR count). The number of rotatable bonds is 6. The predicted molar refractivity (Wildman–Crippen MR) is 71.8 cm³/mol. The molecule has 0 aliphatic carbocycles. The Morgan fingerprint density at radius 2 is 2.18 bits per heavy atom. The summed E-state index contributed by atoms with van der Waals surface area (Å²) in [5, 5.41) is 12.7. The van der Waals surface area contributed by atoms with Gasteiger partial charge in [0, 0.05) is 12.6 Å². The molecular formula is C14H27N3. The summed E-state index contributed by atoms with van der Waals surface area (Å²) in [7, 11) is 0. The molecule has 0 radical (unpaired) electrons. The molecule has 1 aliphatic rings. The first kappa shape index (κ1) is 14.5. The zero-order chi connectivity index (χ0) is 12.7. The SMILES string of the molecule is CCCNC(C)(C#N)CN1CCCCC1CC. The molecule has 2 unspecified atom stereocenters. The topological polar surface area (TPSA) is 39.1 Å². The summed E-state index contributed by atoms with van der Waals surface area (Å²) in [4.78, 5) is 2.51. The highest BCUT2D eigenvalue weighted by Crippen LogP contribution is 2.21. The third-order valence-electron chi connectivity index (χ3n) is 3.75. The Balaban J connectivity index is 2.56. The van der Waals surface area contributed by atoms with Crippen LogP contribution in [0.5, 0.6) is 0 Å². The van der Waals surface area contributed by atoms with Gasteiger partial charge in [0.15, 0.2) is 0 Å². The minimum absolute atomic E-state index is 0.388. The Bertz CT molecular complexity index is 259. The lowest BCUT2D eigenvalue weighted by atomic mass is 9.96. The van der Waals surface area contributed by atoms with E-state index in [4.69, 9.17) is 0 Å². The Kier molecular flexibility index (Phi) is 5.94. The quantitative estimate of drug-likeness (QED) is 0.771. The van der Waals surface area contributed by atoms with Gasteiger partial charge in [-0.2, -0.15) is 5.26 Å². The maximum absolute atomic E-state index is 9.36. The molecule has 0 spiro atoms. The van der Waals surface area contributed by atoms with Crippen molar-refractivity contribution < 1.29 is 0 Å². The number of piperidine rings is 1. The molecule has 0 aromatic heterocycles. The second kappa shape index (κ2) is 6.98. The van der Waals surface area contributed by atoms with Crippen molar-refractivity contribution in [1.29, 1.82) is 5.26 Å². The Morgan fingerprint density at radius 3 is 2.76 bits per heavy atom. The Morgan fingerprint density at radius 1 is 1.41 bits per heavy atom. The zero-order valence-corrected chi connectivity index (χ0v) is 11.6. The molecule has 0 saturated carbocycles. The first-order chi connectivity index (χ1) is 8.15. The number of hydrogen-bond acceptors (Lipinski definition) is 3. The van der Waals surface area contributed by atoms with Crippen molar-refractivity contribution in [2.24, 2.45) is 0 Å². The molecule has 0 bridgehead atoms. The molecule has 1 N–H and O–H groups in total. The molecular weight excluding hydrogens is 210 g/mol. The van der Waals surface area contributed by atoms with E-state index in [1.165, 1.54) is 25.7 Å². The van der Waals surface area contributed by atoms with Gasteiger partial charge in [0.2, 0.25) is 0 Å². The molecule has 0 aromatic rings. The van der Waals surface area contributed by atoms with Crippen molar-refractivity contribution in [2.75, 3.05) is 19.6 Å². The third-order valence-corrected chi connectivity index (χ3v) is 3.75. The van der Waals surface area contributed by atoms with Gasteiger partial charge >= 0.3 is 0 Å². The van der Waals surface area contributed by atoms with Gasteiger partial charge in [-0.1, -0.05) is 20.3 Å². The summed E-state index contributed by atoms with van der Waals surface area (Å²) in [6, 6.07) is 3.13. The average molecular weight is 237 g/mol. The number of hydrogen-bond donors (Lipinski definition) is 1. The van der Waals surface area contributed by atoms with Crippen LogP contribution < -0.4 is 5.32 Å². The molecule has 2 atom stereocenters. The fraction of sp³-hybridized carbons (Fsp3) is 0.929. The highest BCUT2D eigenvalue weighted by Gasteiger charge is 2.30. The summed E-state index contributed by atoms with van der Waals surface area (Å²) in [5.74, 6) is 0. The van der Waals surface area contributed by atoms with Crippen molar-refractivity contribution in [2.45, 2.75) is 64.5 Å². The van der Waals surface area contributed by atoms with Crippen LogP contribution in [-0.4, -0.2) is 36.1 Å². The molecule has 3 nitrogen and oxygen atoms in total. The van der Waals surface area contributed by atoms with E-state index in [1.54, 1.807) is 0 Å². The van der Waals surface area contributed by atoms with Gasteiger partial charge in [0.05, 0.1) is 6.07 Å². The molecule has 1 heterocycles. The highest BCUT2D eigenvalue weighted by molar-refractivity contribution is 5.06. The standard InChI is InChI=1S/C14H27N3/c1-4-9-16-14(3,11-15)12-17-10-7-6-8-13(17)5-2/h13,16H,4-10,12H2,1-3H3. The van der Waals surface area contributed by atoms with E-state index in [2.05, 4.69) is 30.1 Å². The summed E-state index contributed by atoms with van der Waals surface area (Å²) in [5.41, 5.74) is -0.388. The number of nitrogens with one attached hydrogen (secondary N) is 1. The lowest BCUT2D eigenvalue weighted by Gasteiger charge is -2.39. The minimum atomic E-state index is -0.388. The molecule has 98 valence electrons. The van der Waals surface area contributed by atoms with Crippen molar-refractivity contribution in [3.8, 4) is 6.07 Å². The van der Waals surface area contributed by atoms with E-state index in [1.807, 2.05) is 6.92 Å². The summed E-state index contributed by atoms with van der Waals surface area (Å²) in [6.45, 7) is 9.37. The molecule has 3 heteroatoms. The maximum atomic E-state index is 9.36. The normalized spacial score (nSPS) is 25.2. The van der Waals surface area contributed by atoms with Gasteiger partial charge in [0.1, 0.15) is 5.54 Å². The van der Waals surface area contributed by atoms with Crippen LogP contribution in [-0.2, 0) is 0 Å². The largest absolute Gasteiger partial charge is 0.299 e. The second-order valence-electron chi connectivity index (χ2n) is 5.40. The average Bonchev–Trinajstić information content (AvgIpc) is 2.37. The fourth-order valence-corrected chi connectivity index (χ4v) is 2.67. The highest BCUT2D eigenvalue weighted by atomic mass is 15.2. The molecule has 1 aliphatic heterocycles. The van der Waals surface area contributed by atoms with E-state index < -0.39 is 0 Å². The summed E-state index contributed by atoms with van der Waals surface area (Å²) < 4.78 is 0. The number of nitrogens with zero attached hydrogens (tertiary/aromatic N) is 2. The van der Waals surface area contributed by atoms with E-state index in [0.29, 0.717) is 6.04 Å². The van der Waals surface area contributed by atoms with Gasteiger partial charge in [-0.3, -0.25) is 10.2 Å². The van der Waals surface area contributed by atoms with Crippen molar-refractivity contribution in [1.82, 2.24) is 10.2 Å². The van der Waals surface area contributed by atoms with Crippen LogP contribution in [0.4, 0.5) is 0 Å². The Hall–Kier alpha value is -0.590. The first-order valence-corrected chi connectivity index (χ1v) is 7.05. The Labute approximate surface area is 106 Å². The lowest BCUT2D eigenvalue weighted by Crippen LogP contribution is -2.54. The summed E-state index contributed by atoms with van der Waals surface area (Å²) >= 11 is 0. The summed E-state index contributed by atoms with van der Waals surface area (Å²) in [6.07, 6.45) is 6.21. The van der Waals surface area contributed by atoms with Crippen molar-refractivity contribution >= 4 is 0 Å². The molecule has 0 aromatic carbocycles. The van der Waals surface area contributed by atoms with Crippen LogP contribution in [0.1, 0.15) is 52.9 Å². The van der Waals surface area contributed by atoms with Gasteiger partial charge in [-0.25, -0.2) is 0 Å². The van der Waals surface area contributed by atoms with Crippen LogP contribution in [0.2, 0.25) is 0 Å². The van der Waals surface area contributed by atoms with Crippen LogP contribution in [0, 0.1) is 11.3 Å². The monoisotopic (exact) mass is 237 g/mol. The predicted octanol–water partition coefficient (Wildman–Crippen LogP) is 2.53. The van der Waals surface area contributed by atoms with Crippen LogP contribution in [0.25, 0.3) is 0 Å². The maximum Gasteiger partial charge on any atom is 0.116 e. The third kappa shape index (κ3) is 4.29. The second-order valence-corrected chi connectivity index (χ2v) is 5.40. The lowest BCUT2D eigenvalue weighted by molar-refractivity contribution is 0.118. The van der Waals surface area contributed by atoms with Crippen LogP contribution >= 0.6 is 0 Å². The van der Waals surface area contributed by atoms with Gasteiger partial charge in [0.25, 0.3) is 0 Å². The van der Waals surface area contributed by atoms with Crippen LogP contribution in [0.3, 0.4) is 0 Å². The smallest absolute Gasteiger partial charge is 0.116 e. The number of nitriles is 1. The van der Waals surface area contributed by atoms with Gasteiger partial charge in [-0.15, -0.1) is 0 Å². The number of likely N-dealkylation sites (tertiary alicyclic amines) is 1. The molecule has 0 amide bonds. The minimum Gasteiger partial charge on any atom is -0.299 e. The van der Waals surface area contributed by atoms with Crippen LogP contribution in [0.15, 0.2) is 0 Å². The molecule has 1 fully saturated rings. The first-order valence-electron chi connectivity index (χ1n) is 7.05. The van der Waals surface area contributed by atoms with E-state index in [9.17, 15) is 5.26 Å². The van der Waals surface area contributed by atoms with Crippen molar-refractivity contribution in [3.63, 3.8) is 0 Å². The zero-order valence-electron chi connectivity index (χ0n) is 11.6. The fourth-order valence-electron chi connectivity index (χ4n) is 2.67. The van der Waals surface area contributed by atoms with Gasteiger partial charge < -0.3 is 0 Å². The van der Waals surface area contributed by atoms with E-state index in [0.717, 1.165) is 26.1 Å².